The summed E-state index contributed by atoms with van der Waals surface area (Å²) in [5.41, 5.74) is 0.814. The molecule has 1 aliphatic rings. The molecule has 92 valence electrons. The first-order valence-electron chi connectivity index (χ1n) is 5.45. The molecule has 6 heteroatoms. The van der Waals surface area contributed by atoms with Crippen LogP contribution in [0.3, 0.4) is 0 Å². The highest BCUT2D eigenvalue weighted by Crippen LogP contribution is 2.08. The lowest BCUT2D eigenvalue weighted by atomic mass is 10.2. The number of aromatic nitrogens is 1. The summed E-state index contributed by atoms with van der Waals surface area (Å²) in [6, 6.07) is 1.45. The largest absolute Gasteiger partial charge is 0.465 e. The fraction of sp³-hybridized carbons (Fsp3) is 0.455. The summed E-state index contributed by atoms with van der Waals surface area (Å²) in [5.74, 6) is -0.341. The highest BCUT2D eigenvalue weighted by molar-refractivity contribution is 5.65. The lowest BCUT2D eigenvalue weighted by Gasteiger charge is -2.32. The first kappa shape index (κ1) is 11.8. The van der Waals surface area contributed by atoms with Crippen molar-refractivity contribution in [1.82, 2.24) is 14.8 Å². The normalized spacial score (nSPS) is 17.1. The van der Waals surface area contributed by atoms with Gasteiger partial charge in [-0.25, -0.2) is 9.18 Å². The Morgan fingerprint density at radius 2 is 2.06 bits per heavy atom. The number of piperazine rings is 1. The van der Waals surface area contributed by atoms with E-state index in [0.29, 0.717) is 32.7 Å². The summed E-state index contributed by atoms with van der Waals surface area (Å²) in [4.78, 5) is 18.0. The van der Waals surface area contributed by atoms with Crippen LogP contribution in [0.1, 0.15) is 5.56 Å². The molecule has 0 bridgehead atoms. The number of carboxylic acid groups (broad SMARTS) is 1. The number of rotatable bonds is 2. The van der Waals surface area contributed by atoms with Crippen LogP contribution >= 0.6 is 0 Å². The molecule has 1 aliphatic heterocycles. The summed E-state index contributed by atoms with van der Waals surface area (Å²) in [6.07, 6.45) is 1.93. The van der Waals surface area contributed by atoms with Crippen LogP contribution in [-0.2, 0) is 6.54 Å². The SMILES string of the molecule is O=C(O)N1CCN(Cc2cncc(F)c2)CC1. The molecule has 0 aromatic carbocycles. The van der Waals surface area contributed by atoms with Crippen molar-refractivity contribution < 1.29 is 14.3 Å². The smallest absolute Gasteiger partial charge is 0.407 e. The molecule has 1 fully saturated rings. The molecule has 0 radical (unpaired) electrons. The molecule has 1 aromatic rings. The number of hydrogen-bond acceptors (Lipinski definition) is 3. The van der Waals surface area contributed by atoms with E-state index in [2.05, 4.69) is 9.88 Å². The summed E-state index contributed by atoms with van der Waals surface area (Å²) in [6.45, 7) is 2.94. The van der Waals surface area contributed by atoms with Crippen molar-refractivity contribution in [2.75, 3.05) is 26.2 Å². The van der Waals surface area contributed by atoms with E-state index in [1.165, 1.54) is 17.2 Å². The average Bonchev–Trinajstić information content (AvgIpc) is 2.29. The van der Waals surface area contributed by atoms with Crippen molar-refractivity contribution in [1.29, 1.82) is 0 Å². The van der Waals surface area contributed by atoms with E-state index in [1.807, 2.05) is 0 Å². The van der Waals surface area contributed by atoms with Gasteiger partial charge in [-0.3, -0.25) is 9.88 Å². The molecule has 17 heavy (non-hydrogen) atoms. The minimum Gasteiger partial charge on any atom is -0.465 e. The predicted octanol–water partition coefficient (Wildman–Crippen LogP) is 1.02. The Hall–Kier alpha value is -1.69. The van der Waals surface area contributed by atoms with E-state index < -0.39 is 6.09 Å². The van der Waals surface area contributed by atoms with E-state index in [-0.39, 0.29) is 5.82 Å². The number of carbonyl (C=O) groups is 1. The standard InChI is InChI=1S/C11H14FN3O2/c12-10-5-9(6-13-7-10)8-14-1-3-15(4-2-14)11(16)17/h5-7H,1-4,8H2,(H,16,17). The quantitative estimate of drug-likeness (QED) is 0.837. The van der Waals surface area contributed by atoms with E-state index in [4.69, 9.17) is 5.11 Å². The van der Waals surface area contributed by atoms with Crippen molar-refractivity contribution in [3.05, 3.63) is 29.8 Å². The Morgan fingerprint density at radius 1 is 1.35 bits per heavy atom. The first-order valence-corrected chi connectivity index (χ1v) is 5.45. The second-order valence-corrected chi connectivity index (χ2v) is 4.06. The zero-order valence-electron chi connectivity index (χ0n) is 9.34. The predicted molar refractivity (Wildman–Crippen MR) is 59.1 cm³/mol. The van der Waals surface area contributed by atoms with Gasteiger partial charge < -0.3 is 10.0 Å². The number of amides is 1. The van der Waals surface area contributed by atoms with Gasteiger partial charge in [-0.05, 0) is 11.6 Å². The molecule has 0 aliphatic carbocycles. The zero-order valence-corrected chi connectivity index (χ0v) is 9.34. The van der Waals surface area contributed by atoms with Gasteiger partial charge in [-0.15, -0.1) is 0 Å². The fourth-order valence-electron chi connectivity index (χ4n) is 1.90. The van der Waals surface area contributed by atoms with Crippen LogP contribution in [0.25, 0.3) is 0 Å². The molecule has 5 nitrogen and oxygen atoms in total. The number of halogens is 1. The molecule has 1 saturated heterocycles. The van der Waals surface area contributed by atoms with Gasteiger partial charge in [-0.1, -0.05) is 0 Å². The third-order valence-corrected chi connectivity index (χ3v) is 2.81. The molecule has 0 saturated carbocycles. The molecule has 2 heterocycles. The lowest BCUT2D eigenvalue weighted by molar-refractivity contribution is 0.103. The maximum absolute atomic E-state index is 12.9. The van der Waals surface area contributed by atoms with Gasteiger partial charge in [-0.2, -0.15) is 0 Å². The maximum atomic E-state index is 12.9. The average molecular weight is 239 g/mol. The summed E-state index contributed by atoms with van der Waals surface area (Å²) in [7, 11) is 0. The molecule has 1 aromatic heterocycles. The third kappa shape index (κ3) is 3.13. The molecule has 1 amide bonds. The monoisotopic (exact) mass is 239 g/mol. The minimum absolute atomic E-state index is 0.341. The zero-order chi connectivity index (χ0) is 12.3. The Balaban J connectivity index is 1.88. The van der Waals surface area contributed by atoms with Crippen LogP contribution in [0.2, 0.25) is 0 Å². The summed E-state index contributed by atoms with van der Waals surface area (Å²) >= 11 is 0. The second kappa shape index (κ2) is 5.09. The molecule has 1 N–H and O–H groups in total. The van der Waals surface area contributed by atoms with Crippen molar-refractivity contribution in [3.8, 4) is 0 Å². The van der Waals surface area contributed by atoms with Crippen molar-refractivity contribution >= 4 is 6.09 Å². The van der Waals surface area contributed by atoms with Gasteiger partial charge in [0.05, 0.1) is 6.20 Å². The van der Waals surface area contributed by atoms with Gasteiger partial charge in [0.25, 0.3) is 0 Å². The summed E-state index contributed by atoms with van der Waals surface area (Å²) < 4.78 is 12.9. The molecule has 0 unspecified atom stereocenters. The van der Waals surface area contributed by atoms with Crippen LogP contribution in [0, 0.1) is 5.82 Å². The van der Waals surface area contributed by atoms with E-state index in [1.54, 1.807) is 6.20 Å². The van der Waals surface area contributed by atoms with Crippen molar-refractivity contribution in [3.63, 3.8) is 0 Å². The van der Waals surface area contributed by atoms with Crippen LogP contribution in [-0.4, -0.2) is 52.2 Å². The van der Waals surface area contributed by atoms with E-state index in [9.17, 15) is 9.18 Å². The molecule has 0 atom stereocenters. The first-order chi connectivity index (χ1) is 8.15. The Bertz CT molecular complexity index is 405. The lowest BCUT2D eigenvalue weighted by Crippen LogP contribution is -2.47. The Kier molecular flexibility index (Phi) is 3.53. The van der Waals surface area contributed by atoms with Gasteiger partial charge in [0.1, 0.15) is 5.82 Å². The molecular weight excluding hydrogens is 225 g/mol. The second-order valence-electron chi connectivity index (χ2n) is 4.06. The highest BCUT2D eigenvalue weighted by atomic mass is 19.1. The molecular formula is C11H14FN3O2. The van der Waals surface area contributed by atoms with Crippen molar-refractivity contribution in [2.24, 2.45) is 0 Å². The van der Waals surface area contributed by atoms with Crippen LogP contribution < -0.4 is 0 Å². The fourth-order valence-corrected chi connectivity index (χ4v) is 1.90. The van der Waals surface area contributed by atoms with Gasteiger partial charge in [0.15, 0.2) is 0 Å². The number of hydrogen-bond donors (Lipinski definition) is 1. The topological polar surface area (TPSA) is 56.7 Å². The highest BCUT2D eigenvalue weighted by Gasteiger charge is 2.20. The van der Waals surface area contributed by atoms with Gasteiger partial charge in [0.2, 0.25) is 0 Å². The number of nitrogens with zero attached hydrogens (tertiary/aromatic N) is 3. The Labute approximate surface area is 98.5 Å². The van der Waals surface area contributed by atoms with Gasteiger partial charge in [0, 0.05) is 38.9 Å². The van der Waals surface area contributed by atoms with E-state index >= 15 is 0 Å². The molecule has 0 spiro atoms. The third-order valence-electron chi connectivity index (χ3n) is 2.81. The maximum Gasteiger partial charge on any atom is 0.407 e. The minimum atomic E-state index is -0.878. The summed E-state index contributed by atoms with van der Waals surface area (Å²) in [5, 5.41) is 8.80. The van der Waals surface area contributed by atoms with E-state index in [0.717, 1.165) is 5.56 Å². The molecule has 2 rings (SSSR count). The van der Waals surface area contributed by atoms with Gasteiger partial charge >= 0.3 is 6.09 Å². The van der Waals surface area contributed by atoms with Crippen LogP contribution in [0.5, 0.6) is 0 Å². The van der Waals surface area contributed by atoms with Crippen molar-refractivity contribution in [2.45, 2.75) is 6.54 Å². The Morgan fingerprint density at radius 3 is 2.65 bits per heavy atom. The van der Waals surface area contributed by atoms with Crippen LogP contribution in [0.4, 0.5) is 9.18 Å². The number of pyridine rings is 1. The van der Waals surface area contributed by atoms with Crippen LogP contribution in [0.15, 0.2) is 18.5 Å².